The quantitative estimate of drug-likeness (QED) is 0.367. The van der Waals surface area contributed by atoms with E-state index in [2.05, 4.69) is 0 Å². The first-order chi connectivity index (χ1) is 8.71. The van der Waals surface area contributed by atoms with E-state index in [4.69, 9.17) is 4.74 Å². The average Bonchev–Trinajstić information content (AvgIpc) is 2.34. The topological polar surface area (TPSA) is 43.4 Å². The number of esters is 1. The summed E-state index contributed by atoms with van der Waals surface area (Å²) in [5, 5.41) is 0. The highest BCUT2D eigenvalue weighted by molar-refractivity contribution is 6.11. The first-order valence-electron chi connectivity index (χ1n) is 5.58. The molecule has 0 unspecified atom stereocenters. The van der Waals surface area contributed by atoms with Crippen molar-refractivity contribution in [3.8, 4) is 0 Å². The zero-order valence-corrected chi connectivity index (χ0v) is 10.7. The third kappa shape index (κ3) is 2.94. The number of Topliss-reactive ketones (excluding diaryl/α,β-unsaturated/α-hetero) is 1. The number of ketones is 1. The molecule has 0 saturated heterocycles. The Hall–Kier alpha value is -1.85. The van der Waals surface area contributed by atoms with Gasteiger partial charge in [-0.2, -0.15) is 0 Å². The van der Waals surface area contributed by atoms with Gasteiger partial charge in [-0.15, -0.1) is 0 Å². The van der Waals surface area contributed by atoms with Crippen LogP contribution in [0.25, 0.3) is 0 Å². The molecule has 104 valence electrons. The number of benzene rings is 1. The van der Waals surface area contributed by atoms with Crippen molar-refractivity contribution in [2.24, 2.45) is 5.41 Å². The molecule has 0 aliphatic carbocycles. The van der Waals surface area contributed by atoms with Crippen LogP contribution in [0.3, 0.4) is 0 Å². The molecule has 1 aromatic carbocycles. The maximum Gasteiger partial charge on any atom is 0.319 e. The smallest absolute Gasteiger partial charge is 0.319 e. The van der Waals surface area contributed by atoms with Crippen molar-refractivity contribution in [1.82, 2.24) is 0 Å². The molecule has 0 radical (unpaired) electrons. The van der Waals surface area contributed by atoms with E-state index in [1.165, 1.54) is 13.8 Å². The molecule has 0 bridgehead atoms. The van der Waals surface area contributed by atoms with Crippen LogP contribution in [-0.2, 0) is 9.53 Å². The third-order valence-electron chi connectivity index (χ3n) is 2.60. The molecule has 1 rings (SSSR count). The van der Waals surface area contributed by atoms with Crippen molar-refractivity contribution in [2.75, 3.05) is 6.61 Å². The summed E-state index contributed by atoms with van der Waals surface area (Å²) in [5.74, 6) is -6.29. The molecule has 0 spiro atoms. The molecule has 0 fully saturated rings. The molecule has 0 saturated carbocycles. The first kappa shape index (κ1) is 15.2. The predicted molar refractivity (Wildman–Crippen MR) is 61.1 cm³/mol. The van der Waals surface area contributed by atoms with Gasteiger partial charge in [0, 0.05) is 5.56 Å². The minimum Gasteiger partial charge on any atom is -0.465 e. The van der Waals surface area contributed by atoms with Crippen molar-refractivity contribution in [3.05, 3.63) is 35.1 Å². The lowest BCUT2D eigenvalue weighted by Crippen LogP contribution is -2.35. The van der Waals surface area contributed by atoms with Gasteiger partial charge in [0.1, 0.15) is 5.41 Å². The van der Waals surface area contributed by atoms with E-state index in [-0.39, 0.29) is 6.61 Å². The first-order valence-corrected chi connectivity index (χ1v) is 5.58. The monoisotopic (exact) mass is 274 g/mol. The Morgan fingerprint density at radius 2 is 1.63 bits per heavy atom. The summed E-state index contributed by atoms with van der Waals surface area (Å²) in [4.78, 5) is 23.7. The molecule has 0 aliphatic heterocycles. The SMILES string of the molecule is CCOC(=O)C(C)(C)C(=O)c1cc(F)c(F)c(F)c1. The lowest BCUT2D eigenvalue weighted by atomic mass is 9.84. The number of ether oxygens (including phenoxy) is 1. The summed E-state index contributed by atoms with van der Waals surface area (Å²) in [5.41, 5.74) is -2.03. The zero-order chi connectivity index (χ0) is 14.8. The van der Waals surface area contributed by atoms with Gasteiger partial charge in [-0.3, -0.25) is 9.59 Å². The highest BCUT2D eigenvalue weighted by Gasteiger charge is 2.38. The van der Waals surface area contributed by atoms with E-state index < -0.39 is 40.2 Å². The maximum atomic E-state index is 13.1. The van der Waals surface area contributed by atoms with Gasteiger partial charge in [-0.1, -0.05) is 0 Å². The second kappa shape index (κ2) is 5.42. The maximum absolute atomic E-state index is 13.1. The minimum atomic E-state index is -1.66. The molecule has 0 N–H and O–H groups in total. The number of halogens is 3. The summed E-state index contributed by atoms with van der Waals surface area (Å²) >= 11 is 0. The van der Waals surface area contributed by atoms with Crippen molar-refractivity contribution < 1.29 is 27.5 Å². The Morgan fingerprint density at radius 1 is 1.16 bits per heavy atom. The van der Waals surface area contributed by atoms with Gasteiger partial charge in [0.05, 0.1) is 6.61 Å². The number of hydrogen-bond acceptors (Lipinski definition) is 3. The van der Waals surface area contributed by atoms with Crippen molar-refractivity contribution in [2.45, 2.75) is 20.8 Å². The van der Waals surface area contributed by atoms with Crippen molar-refractivity contribution in [3.63, 3.8) is 0 Å². The fourth-order valence-corrected chi connectivity index (χ4v) is 1.45. The van der Waals surface area contributed by atoms with Crippen LogP contribution >= 0.6 is 0 Å². The third-order valence-corrected chi connectivity index (χ3v) is 2.60. The van der Waals surface area contributed by atoms with Crippen molar-refractivity contribution >= 4 is 11.8 Å². The van der Waals surface area contributed by atoms with Crippen LogP contribution in [-0.4, -0.2) is 18.4 Å². The van der Waals surface area contributed by atoms with Gasteiger partial charge in [-0.25, -0.2) is 13.2 Å². The summed E-state index contributed by atoms with van der Waals surface area (Å²) in [6, 6.07) is 1.11. The minimum absolute atomic E-state index is 0.0711. The Kier molecular flexibility index (Phi) is 4.34. The predicted octanol–water partition coefficient (Wildman–Crippen LogP) is 2.88. The Morgan fingerprint density at radius 3 is 2.05 bits per heavy atom. The standard InChI is InChI=1S/C13H13F3O3/c1-4-19-12(18)13(2,3)11(17)7-5-8(14)10(16)9(15)6-7/h5-6H,4H2,1-3H3. The molecule has 0 heterocycles. The average molecular weight is 274 g/mol. The normalized spacial score (nSPS) is 11.3. The van der Waals surface area contributed by atoms with E-state index in [1.807, 2.05) is 0 Å². The van der Waals surface area contributed by atoms with E-state index in [0.29, 0.717) is 12.1 Å². The zero-order valence-electron chi connectivity index (χ0n) is 10.7. The summed E-state index contributed by atoms with van der Waals surface area (Å²) in [6.45, 7) is 4.18. The molecule has 6 heteroatoms. The lowest BCUT2D eigenvalue weighted by molar-refractivity contribution is -0.150. The summed E-state index contributed by atoms with van der Waals surface area (Å²) in [6.07, 6.45) is 0. The van der Waals surface area contributed by atoms with Crippen LogP contribution in [0.2, 0.25) is 0 Å². The Labute approximate surface area is 108 Å². The number of carbonyl (C=O) groups is 2. The molecule has 0 aliphatic rings. The highest BCUT2D eigenvalue weighted by atomic mass is 19.2. The molecule has 3 nitrogen and oxygen atoms in total. The van der Waals surface area contributed by atoms with E-state index in [1.54, 1.807) is 6.92 Å². The second-order valence-corrected chi connectivity index (χ2v) is 4.43. The van der Waals surface area contributed by atoms with E-state index in [0.717, 1.165) is 0 Å². The van der Waals surface area contributed by atoms with Crippen LogP contribution in [0.4, 0.5) is 13.2 Å². The Balaban J connectivity index is 3.16. The van der Waals surface area contributed by atoms with Gasteiger partial charge in [0.25, 0.3) is 0 Å². The van der Waals surface area contributed by atoms with Crippen LogP contribution < -0.4 is 0 Å². The fourth-order valence-electron chi connectivity index (χ4n) is 1.45. The van der Waals surface area contributed by atoms with Crippen LogP contribution in [0.5, 0.6) is 0 Å². The van der Waals surface area contributed by atoms with Gasteiger partial charge in [-0.05, 0) is 32.9 Å². The molecule has 0 atom stereocenters. The van der Waals surface area contributed by atoms with Crippen LogP contribution in [0.1, 0.15) is 31.1 Å². The van der Waals surface area contributed by atoms with Gasteiger partial charge in [0.2, 0.25) is 0 Å². The number of rotatable bonds is 4. The molecule has 19 heavy (non-hydrogen) atoms. The molecule has 1 aromatic rings. The second-order valence-electron chi connectivity index (χ2n) is 4.43. The molecular weight excluding hydrogens is 261 g/mol. The molecule has 0 aromatic heterocycles. The number of hydrogen-bond donors (Lipinski definition) is 0. The van der Waals surface area contributed by atoms with Crippen LogP contribution in [0, 0.1) is 22.9 Å². The van der Waals surface area contributed by atoms with Gasteiger partial charge < -0.3 is 4.74 Å². The summed E-state index contributed by atoms with van der Waals surface area (Å²) in [7, 11) is 0. The van der Waals surface area contributed by atoms with Gasteiger partial charge in [0.15, 0.2) is 23.2 Å². The Bertz CT molecular complexity index is 501. The summed E-state index contributed by atoms with van der Waals surface area (Å²) < 4.78 is 43.6. The van der Waals surface area contributed by atoms with E-state index in [9.17, 15) is 22.8 Å². The molecule has 0 amide bonds. The van der Waals surface area contributed by atoms with Gasteiger partial charge >= 0.3 is 5.97 Å². The molecular formula is C13H13F3O3. The largest absolute Gasteiger partial charge is 0.465 e. The van der Waals surface area contributed by atoms with Crippen molar-refractivity contribution in [1.29, 1.82) is 0 Å². The number of carbonyl (C=O) groups excluding carboxylic acids is 2. The van der Waals surface area contributed by atoms with E-state index >= 15 is 0 Å². The highest BCUT2D eigenvalue weighted by Crippen LogP contribution is 2.25. The lowest BCUT2D eigenvalue weighted by Gasteiger charge is -2.20. The van der Waals surface area contributed by atoms with Crippen LogP contribution in [0.15, 0.2) is 12.1 Å². The fraction of sp³-hybridized carbons (Fsp3) is 0.385.